The second kappa shape index (κ2) is 6.98. The molecule has 6 nitrogen and oxygen atoms in total. The van der Waals surface area contributed by atoms with Crippen LogP contribution in [-0.2, 0) is 17.8 Å². The minimum absolute atomic E-state index is 0.592. The minimum Gasteiger partial charge on any atom is -0.383 e. The standard InChI is InChI=1S/C13H25N5O/c1-11(12-3-4-12)17(7-8-19-2)9-13-10-18(6-5-14)16-15-13/h10-12H,3-9,14H2,1-2H3. The number of hydrogen-bond donors (Lipinski definition) is 1. The van der Waals surface area contributed by atoms with Crippen molar-refractivity contribution in [1.82, 2.24) is 19.9 Å². The quantitative estimate of drug-likeness (QED) is 0.705. The van der Waals surface area contributed by atoms with Gasteiger partial charge in [-0.3, -0.25) is 9.58 Å². The monoisotopic (exact) mass is 267 g/mol. The summed E-state index contributed by atoms with van der Waals surface area (Å²) < 4.78 is 7.02. The Hall–Kier alpha value is -0.980. The fourth-order valence-corrected chi connectivity index (χ4v) is 2.37. The van der Waals surface area contributed by atoms with E-state index in [1.807, 2.05) is 10.9 Å². The van der Waals surface area contributed by atoms with Crippen LogP contribution in [0.15, 0.2) is 6.20 Å². The lowest BCUT2D eigenvalue weighted by atomic mass is 10.1. The molecule has 0 saturated heterocycles. The van der Waals surface area contributed by atoms with Gasteiger partial charge in [0.1, 0.15) is 0 Å². The Bertz CT molecular complexity index is 377. The van der Waals surface area contributed by atoms with E-state index in [9.17, 15) is 0 Å². The molecule has 1 aliphatic rings. The molecule has 1 aliphatic carbocycles. The van der Waals surface area contributed by atoms with Gasteiger partial charge in [0.05, 0.1) is 18.8 Å². The molecule has 19 heavy (non-hydrogen) atoms. The molecule has 2 rings (SSSR count). The van der Waals surface area contributed by atoms with E-state index in [0.29, 0.717) is 12.6 Å². The summed E-state index contributed by atoms with van der Waals surface area (Å²) in [5.74, 6) is 0.843. The van der Waals surface area contributed by atoms with Crippen LogP contribution in [0.25, 0.3) is 0 Å². The van der Waals surface area contributed by atoms with E-state index in [2.05, 4.69) is 22.1 Å². The van der Waals surface area contributed by atoms with Gasteiger partial charge in [-0.05, 0) is 25.7 Å². The van der Waals surface area contributed by atoms with Crippen LogP contribution in [0.5, 0.6) is 0 Å². The second-order valence-electron chi connectivity index (χ2n) is 5.30. The van der Waals surface area contributed by atoms with Gasteiger partial charge in [-0.2, -0.15) is 0 Å². The van der Waals surface area contributed by atoms with Gasteiger partial charge in [0, 0.05) is 39.0 Å². The molecule has 1 saturated carbocycles. The van der Waals surface area contributed by atoms with Crippen LogP contribution in [-0.4, -0.2) is 52.7 Å². The highest BCUT2D eigenvalue weighted by Crippen LogP contribution is 2.35. The lowest BCUT2D eigenvalue weighted by Crippen LogP contribution is -2.36. The highest BCUT2D eigenvalue weighted by atomic mass is 16.5. The summed E-state index contributed by atoms with van der Waals surface area (Å²) in [6.07, 6.45) is 4.70. The van der Waals surface area contributed by atoms with Gasteiger partial charge in [-0.15, -0.1) is 5.10 Å². The van der Waals surface area contributed by atoms with Crippen molar-refractivity contribution in [3.63, 3.8) is 0 Å². The Balaban J connectivity index is 1.92. The average molecular weight is 267 g/mol. The molecule has 1 atom stereocenters. The lowest BCUT2D eigenvalue weighted by Gasteiger charge is -2.28. The van der Waals surface area contributed by atoms with Gasteiger partial charge < -0.3 is 10.5 Å². The van der Waals surface area contributed by atoms with E-state index in [0.717, 1.165) is 37.9 Å². The van der Waals surface area contributed by atoms with Crippen molar-refractivity contribution in [2.45, 2.75) is 38.9 Å². The zero-order valence-electron chi connectivity index (χ0n) is 12.0. The first-order valence-electron chi connectivity index (χ1n) is 7.06. The van der Waals surface area contributed by atoms with E-state index < -0.39 is 0 Å². The summed E-state index contributed by atoms with van der Waals surface area (Å²) in [5.41, 5.74) is 6.53. The van der Waals surface area contributed by atoms with Crippen LogP contribution < -0.4 is 5.73 Å². The molecule has 0 bridgehead atoms. The van der Waals surface area contributed by atoms with Crippen molar-refractivity contribution in [1.29, 1.82) is 0 Å². The van der Waals surface area contributed by atoms with Gasteiger partial charge in [0.15, 0.2) is 0 Å². The van der Waals surface area contributed by atoms with Crippen LogP contribution in [0.4, 0.5) is 0 Å². The summed E-state index contributed by atoms with van der Waals surface area (Å²) in [7, 11) is 1.75. The predicted molar refractivity (Wildman–Crippen MR) is 73.5 cm³/mol. The third-order valence-electron chi connectivity index (χ3n) is 3.77. The first-order valence-corrected chi connectivity index (χ1v) is 7.06. The predicted octanol–water partition coefficient (Wildman–Crippen LogP) is 0.484. The molecule has 1 aromatic heterocycles. The van der Waals surface area contributed by atoms with Crippen molar-refractivity contribution >= 4 is 0 Å². The fraction of sp³-hybridized carbons (Fsp3) is 0.846. The Kier molecular flexibility index (Phi) is 5.30. The Morgan fingerprint density at radius 2 is 2.37 bits per heavy atom. The molecule has 108 valence electrons. The molecule has 0 radical (unpaired) electrons. The molecule has 0 aliphatic heterocycles. The Labute approximate surface area is 114 Å². The maximum absolute atomic E-state index is 5.52. The van der Waals surface area contributed by atoms with E-state index in [-0.39, 0.29) is 0 Å². The van der Waals surface area contributed by atoms with E-state index >= 15 is 0 Å². The maximum atomic E-state index is 5.52. The van der Waals surface area contributed by atoms with E-state index in [1.165, 1.54) is 12.8 Å². The van der Waals surface area contributed by atoms with Crippen LogP contribution in [0, 0.1) is 5.92 Å². The minimum atomic E-state index is 0.592. The first-order chi connectivity index (χ1) is 9.24. The summed E-state index contributed by atoms with van der Waals surface area (Å²) in [5, 5.41) is 8.31. The zero-order valence-corrected chi connectivity index (χ0v) is 12.0. The van der Waals surface area contributed by atoms with Gasteiger partial charge in [0.2, 0.25) is 0 Å². The topological polar surface area (TPSA) is 69.2 Å². The van der Waals surface area contributed by atoms with Crippen molar-refractivity contribution in [3.8, 4) is 0 Å². The SMILES string of the molecule is COCCN(Cc1cn(CCN)nn1)C(C)C1CC1. The molecule has 1 heterocycles. The lowest BCUT2D eigenvalue weighted by molar-refractivity contribution is 0.110. The summed E-state index contributed by atoms with van der Waals surface area (Å²) in [4.78, 5) is 2.44. The molecule has 1 fully saturated rings. The Morgan fingerprint density at radius 3 is 3.00 bits per heavy atom. The molecular weight excluding hydrogens is 242 g/mol. The number of ether oxygens (including phenoxy) is 1. The Morgan fingerprint density at radius 1 is 1.58 bits per heavy atom. The number of methoxy groups -OCH3 is 1. The normalized spacial score (nSPS) is 17.1. The first kappa shape index (κ1) is 14.4. The van der Waals surface area contributed by atoms with Crippen LogP contribution in [0.2, 0.25) is 0 Å². The van der Waals surface area contributed by atoms with Crippen LogP contribution in [0.3, 0.4) is 0 Å². The number of nitrogens with zero attached hydrogens (tertiary/aromatic N) is 4. The van der Waals surface area contributed by atoms with Gasteiger partial charge in [0.25, 0.3) is 0 Å². The van der Waals surface area contributed by atoms with E-state index in [4.69, 9.17) is 10.5 Å². The molecule has 0 amide bonds. The molecule has 6 heteroatoms. The third kappa shape index (κ3) is 4.26. The smallest absolute Gasteiger partial charge is 0.0967 e. The highest BCUT2D eigenvalue weighted by molar-refractivity contribution is 4.95. The fourth-order valence-electron chi connectivity index (χ4n) is 2.37. The van der Waals surface area contributed by atoms with Gasteiger partial charge in [-0.25, -0.2) is 0 Å². The number of nitrogens with two attached hydrogens (primary N) is 1. The highest BCUT2D eigenvalue weighted by Gasteiger charge is 2.32. The van der Waals surface area contributed by atoms with Gasteiger partial charge in [-0.1, -0.05) is 5.21 Å². The summed E-state index contributed by atoms with van der Waals surface area (Å²) in [6.45, 7) is 6.16. The van der Waals surface area contributed by atoms with Crippen LogP contribution in [0.1, 0.15) is 25.5 Å². The number of aromatic nitrogens is 3. The second-order valence-corrected chi connectivity index (χ2v) is 5.30. The largest absolute Gasteiger partial charge is 0.383 e. The summed E-state index contributed by atoms with van der Waals surface area (Å²) >= 11 is 0. The molecule has 1 unspecified atom stereocenters. The third-order valence-corrected chi connectivity index (χ3v) is 3.77. The van der Waals surface area contributed by atoms with E-state index in [1.54, 1.807) is 7.11 Å². The van der Waals surface area contributed by atoms with Crippen molar-refractivity contribution in [2.75, 3.05) is 26.8 Å². The average Bonchev–Trinajstić information content (AvgIpc) is 3.16. The molecule has 2 N–H and O–H groups in total. The number of rotatable bonds is 9. The van der Waals surface area contributed by atoms with Crippen molar-refractivity contribution < 1.29 is 4.74 Å². The zero-order chi connectivity index (χ0) is 13.7. The summed E-state index contributed by atoms with van der Waals surface area (Å²) in [6, 6.07) is 0.592. The van der Waals surface area contributed by atoms with Gasteiger partial charge >= 0.3 is 0 Å². The van der Waals surface area contributed by atoms with Crippen molar-refractivity contribution in [2.24, 2.45) is 11.7 Å². The molecule has 0 aromatic carbocycles. The maximum Gasteiger partial charge on any atom is 0.0967 e. The molecule has 1 aromatic rings. The van der Waals surface area contributed by atoms with Crippen molar-refractivity contribution in [3.05, 3.63) is 11.9 Å². The molecule has 0 spiro atoms. The van der Waals surface area contributed by atoms with Crippen LogP contribution >= 0.6 is 0 Å². The molecular formula is C13H25N5O. The number of hydrogen-bond acceptors (Lipinski definition) is 5.